The molecule has 0 saturated carbocycles. The second-order valence-electron chi connectivity index (χ2n) is 6.67. The Labute approximate surface area is 163 Å². The summed E-state index contributed by atoms with van der Waals surface area (Å²) in [6, 6.07) is 7.50. The maximum atomic E-state index is 12.3. The molecule has 1 amide bonds. The van der Waals surface area contributed by atoms with Crippen LogP contribution in [0.2, 0.25) is 0 Å². The number of nitrogens with one attached hydrogen (secondary N) is 1. The van der Waals surface area contributed by atoms with E-state index >= 15 is 0 Å². The van der Waals surface area contributed by atoms with E-state index in [-0.39, 0.29) is 30.0 Å². The summed E-state index contributed by atoms with van der Waals surface area (Å²) in [7, 11) is 0.433. The van der Waals surface area contributed by atoms with Gasteiger partial charge in [-0.3, -0.25) is 9.69 Å². The first-order valence-corrected chi connectivity index (χ1v) is 11.2. The third-order valence-electron chi connectivity index (χ3n) is 4.63. The summed E-state index contributed by atoms with van der Waals surface area (Å²) in [5.41, 5.74) is 1.78. The molecule has 0 aliphatic carbocycles. The monoisotopic (exact) mass is 409 g/mol. The molecule has 1 aromatic carbocycles. The smallest absolute Gasteiger partial charge is 0.240 e. The van der Waals surface area contributed by atoms with Gasteiger partial charge in [-0.2, -0.15) is 0 Å². The summed E-state index contributed by atoms with van der Waals surface area (Å²) < 4.78 is 28.4. The van der Waals surface area contributed by atoms with Crippen molar-refractivity contribution in [3.8, 4) is 17.0 Å². The van der Waals surface area contributed by atoms with Crippen molar-refractivity contribution in [1.82, 2.24) is 9.88 Å². The Hall–Kier alpha value is -1.97. The average Bonchev–Trinajstić information content (AvgIpc) is 3.16. The number of nitrogens with zero attached hydrogens (tertiary/aromatic N) is 2. The van der Waals surface area contributed by atoms with Gasteiger partial charge in [-0.05, 0) is 44.7 Å². The SMILES string of the molecule is COc1ccc(-c2nc(NC(=O)CN(C)C3CCS(=O)(=O)C3)sc2C)cc1. The number of thiazole rings is 1. The molecule has 1 unspecified atom stereocenters. The maximum absolute atomic E-state index is 12.3. The number of carbonyl (C=O) groups excluding carboxylic acids is 1. The third-order valence-corrected chi connectivity index (χ3v) is 7.27. The zero-order chi connectivity index (χ0) is 19.6. The van der Waals surface area contributed by atoms with Crippen LogP contribution in [0.4, 0.5) is 5.13 Å². The van der Waals surface area contributed by atoms with Crippen LogP contribution in [0, 0.1) is 6.92 Å². The number of amides is 1. The fourth-order valence-corrected chi connectivity index (χ4v) is 5.76. The van der Waals surface area contributed by atoms with E-state index in [0.717, 1.165) is 21.9 Å². The van der Waals surface area contributed by atoms with E-state index in [1.807, 2.05) is 31.2 Å². The standard InChI is InChI=1S/C18H23N3O4S2/c1-12-17(13-4-6-15(25-3)7-5-13)20-18(26-12)19-16(22)10-21(2)14-8-9-27(23,24)11-14/h4-7,14H,8-11H2,1-3H3,(H,19,20,22). The number of hydrogen-bond donors (Lipinski definition) is 1. The van der Waals surface area contributed by atoms with Crippen LogP contribution in [0.3, 0.4) is 0 Å². The summed E-state index contributed by atoms with van der Waals surface area (Å²) in [5.74, 6) is 0.892. The molecule has 1 N–H and O–H groups in total. The van der Waals surface area contributed by atoms with Gasteiger partial charge >= 0.3 is 0 Å². The van der Waals surface area contributed by atoms with Crippen LogP contribution in [-0.4, -0.2) is 62.5 Å². The summed E-state index contributed by atoms with van der Waals surface area (Å²) in [6.07, 6.45) is 0.574. The predicted octanol–water partition coefficient (Wildman–Crippen LogP) is 2.18. The molecule has 7 nitrogen and oxygen atoms in total. The molecule has 0 spiro atoms. The molecule has 2 heterocycles. The Balaban J connectivity index is 1.63. The number of methoxy groups -OCH3 is 1. The van der Waals surface area contributed by atoms with Crippen molar-refractivity contribution in [3.63, 3.8) is 0 Å². The molecule has 1 aromatic heterocycles. The molecule has 1 aliphatic heterocycles. The zero-order valence-corrected chi connectivity index (χ0v) is 17.2. The first kappa shape index (κ1) is 19.8. The van der Waals surface area contributed by atoms with E-state index < -0.39 is 9.84 Å². The van der Waals surface area contributed by atoms with Crippen molar-refractivity contribution in [2.45, 2.75) is 19.4 Å². The lowest BCUT2D eigenvalue weighted by Crippen LogP contribution is -2.38. The van der Waals surface area contributed by atoms with E-state index in [4.69, 9.17) is 4.74 Å². The molecule has 1 saturated heterocycles. The van der Waals surface area contributed by atoms with Crippen LogP contribution >= 0.6 is 11.3 Å². The molecular formula is C18H23N3O4S2. The fourth-order valence-electron chi connectivity index (χ4n) is 3.10. The number of rotatable bonds is 6. The van der Waals surface area contributed by atoms with Crippen LogP contribution in [0.25, 0.3) is 11.3 Å². The van der Waals surface area contributed by atoms with Gasteiger partial charge < -0.3 is 10.1 Å². The molecule has 1 atom stereocenters. The van der Waals surface area contributed by atoms with Crippen LogP contribution in [0.1, 0.15) is 11.3 Å². The van der Waals surface area contributed by atoms with Gasteiger partial charge in [-0.25, -0.2) is 13.4 Å². The molecule has 1 aliphatic rings. The molecule has 0 bridgehead atoms. The summed E-state index contributed by atoms with van der Waals surface area (Å²) in [4.78, 5) is 19.7. The largest absolute Gasteiger partial charge is 0.497 e. The third kappa shape index (κ3) is 4.85. The lowest BCUT2D eigenvalue weighted by Gasteiger charge is -2.21. The average molecular weight is 410 g/mol. The Morgan fingerprint density at radius 3 is 2.67 bits per heavy atom. The van der Waals surface area contributed by atoms with Gasteiger partial charge in [0, 0.05) is 16.5 Å². The normalized spacial score (nSPS) is 18.6. The highest BCUT2D eigenvalue weighted by molar-refractivity contribution is 7.91. The predicted molar refractivity (Wildman–Crippen MR) is 107 cm³/mol. The van der Waals surface area contributed by atoms with Crippen LogP contribution in [-0.2, 0) is 14.6 Å². The highest BCUT2D eigenvalue weighted by Crippen LogP contribution is 2.31. The van der Waals surface area contributed by atoms with Gasteiger partial charge in [0.1, 0.15) is 5.75 Å². The molecule has 27 heavy (non-hydrogen) atoms. The van der Waals surface area contributed by atoms with Crippen LogP contribution < -0.4 is 10.1 Å². The van der Waals surface area contributed by atoms with Crippen molar-refractivity contribution < 1.29 is 17.9 Å². The summed E-state index contributed by atoms with van der Waals surface area (Å²) in [6.45, 7) is 2.10. The second kappa shape index (κ2) is 7.95. The van der Waals surface area contributed by atoms with E-state index in [1.54, 1.807) is 19.1 Å². The summed E-state index contributed by atoms with van der Waals surface area (Å²) in [5, 5.41) is 3.36. The van der Waals surface area contributed by atoms with E-state index in [9.17, 15) is 13.2 Å². The number of aryl methyl sites for hydroxylation is 1. The Morgan fingerprint density at radius 1 is 1.37 bits per heavy atom. The number of sulfone groups is 1. The first-order valence-electron chi connectivity index (χ1n) is 8.60. The Bertz CT molecular complexity index is 923. The van der Waals surface area contributed by atoms with Crippen LogP contribution in [0.15, 0.2) is 24.3 Å². The van der Waals surface area contributed by atoms with Gasteiger partial charge in [0.05, 0.1) is 30.9 Å². The molecular weight excluding hydrogens is 386 g/mol. The Kier molecular flexibility index (Phi) is 5.83. The number of carbonyl (C=O) groups is 1. The van der Waals surface area contributed by atoms with Gasteiger partial charge in [0.2, 0.25) is 5.91 Å². The van der Waals surface area contributed by atoms with E-state index in [2.05, 4.69) is 10.3 Å². The highest BCUT2D eigenvalue weighted by Gasteiger charge is 2.31. The minimum atomic E-state index is -2.97. The maximum Gasteiger partial charge on any atom is 0.240 e. The van der Waals surface area contributed by atoms with Gasteiger partial charge in [0.15, 0.2) is 15.0 Å². The molecule has 0 radical (unpaired) electrons. The van der Waals surface area contributed by atoms with Gasteiger partial charge in [0.25, 0.3) is 0 Å². The van der Waals surface area contributed by atoms with Crippen molar-refractivity contribution in [3.05, 3.63) is 29.1 Å². The van der Waals surface area contributed by atoms with E-state index in [1.165, 1.54) is 11.3 Å². The van der Waals surface area contributed by atoms with Gasteiger partial charge in [-0.1, -0.05) is 0 Å². The quantitative estimate of drug-likeness (QED) is 0.787. The van der Waals surface area contributed by atoms with E-state index in [0.29, 0.717) is 11.6 Å². The lowest BCUT2D eigenvalue weighted by molar-refractivity contribution is -0.117. The van der Waals surface area contributed by atoms with Crippen molar-refractivity contribution >= 4 is 32.2 Å². The number of ether oxygens (including phenoxy) is 1. The Morgan fingerprint density at radius 2 is 2.07 bits per heavy atom. The molecule has 146 valence electrons. The molecule has 2 aromatic rings. The molecule has 9 heteroatoms. The summed E-state index contributed by atoms with van der Waals surface area (Å²) >= 11 is 1.42. The van der Waals surface area contributed by atoms with Crippen LogP contribution in [0.5, 0.6) is 5.75 Å². The zero-order valence-electron chi connectivity index (χ0n) is 15.6. The number of anilines is 1. The second-order valence-corrected chi connectivity index (χ2v) is 10.1. The highest BCUT2D eigenvalue weighted by atomic mass is 32.2. The molecule has 3 rings (SSSR count). The minimum absolute atomic E-state index is 0.103. The number of benzene rings is 1. The lowest BCUT2D eigenvalue weighted by atomic mass is 10.1. The van der Waals surface area contributed by atoms with Crippen molar-refractivity contribution in [1.29, 1.82) is 0 Å². The first-order chi connectivity index (χ1) is 12.8. The topological polar surface area (TPSA) is 88.6 Å². The number of hydrogen-bond acceptors (Lipinski definition) is 7. The number of aromatic nitrogens is 1. The van der Waals surface area contributed by atoms with Crippen molar-refractivity contribution in [2.75, 3.05) is 37.5 Å². The molecule has 1 fully saturated rings. The number of likely N-dealkylation sites (N-methyl/N-ethyl adjacent to an activating group) is 1. The minimum Gasteiger partial charge on any atom is -0.497 e. The fraction of sp³-hybridized carbons (Fsp3) is 0.444. The van der Waals surface area contributed by atoms with Gasteiger partial charge in [-0.15, -0.1) is 11.3 Å². The van der Waals surface area contributed by atoms with Crippen molar-refractivity contribution in [2.24, 2.45) is 0 Å².